The molecule has 0 aliphatic rings. The first-order valence-corrected chi connectivity index (χ1v) is 4.52. The molecule has 0 aromatic carbocycles. The molecule has 0 aliphatic carbocycles. The zero-order valence-electron chi connectivity index (χ0n) is 7.35. The average Bonchev–Trinajstić information content (AvgIpc) is 1.97. The molecule has 0 fully saturated rings. The van der Waals surface area contributed by atoms with Crippen molar-refractivity contribution in [3.05, 3.63) is 12.7 Å². The first kappa shape index (κ1) is 11.0. The minimum atomic E-state index is 0.297. The Morgan fingerprint density at radius 3 is 2.55 bits per heavy atom. The molecule has 0 aliphatic heterocycles. The van der Waals surface area contributed by atoms with Gasteiger partial charge in [0.2, 0.25) is 0 Å². The maximum absolute atomic E-state index is 5.70. The van der Waals surface area contributed by atoms with Crippen LogP contribution in [-0.2, 0) is 4.74 Å². The van der Waals surface area contributed by atoms with Crippen molar-refractivity contribution in [2.24, 2.45) is 5.92 Å². The van der Waals surface area contributed by atoms with Gasteiger partial charge in [-0.05, 0) is 26.2 Å². The third kappa shape index (κ3) is 6.39. The standard InChI is InChI=1S/C9H17ClO/c1-4-5-9(6-10)7-11-8(2)3/h4,8-9H,1,5-7H2,2-3H3. The van der Waals surface area contributed by atoms with E-state index in [1.165, 1.54) is 0 Å². The summed E-state index contributed by atoms with van der Waals surface area (Å²) in [5, 5.41) is 0. The van der Waals surface area contributed by atoms with Crippen LogP contribution in [-0.4, -0.2) is 18.6 Å². The van der Waals surface area contributed by atoms with Crippen LogP contribution >= 0.6 is 11.6 Å². The molecule has 2 heteroatoms. The summed E-state index contributed by atoms with van der Waals surface area (Å²) in [6.45, 7) is 8.46. The number of halogens is 1. The summed E-state index contributed by atoms with van der Waals surface area (Å²) >= 11 is 5.70. The molecule has 0 N–H and O–H groups in total. The molecule has 0 saturated carbocycles. The first-order chi connectivity index (χ1) is 5.20. The largest absolute Gasteiger partial charge is 0.378 e. The van der Waals surface area contributed by atoms with Crippen LogP contribution in [0.5, 0.6) is 0 Å². The highest BCUT2D eigenvalue weighted by Crippen LogP contribution is 2.07. The molecule has 0 rings (SSSR count). The lowest BCUT2D eigenvalue weighted by Crippen LogP contribution is -2.14. The third-order valence-corrected chi connectivity index (χ3v) is 1.82. The predicted molar refractivity (Wildman–Crippen MR) is 50.1 cm³/mol. The van der Waals surface area contributed by atoms with Gasteiger partial charge in [0.25, 0.3) is 0 Å². The van der Waals surface area contributed by atoms with Crippen molar-refractivity contribution in [2.75, 3.05) is 12.5 Å². The van der Waals surface area contributed by atoms with Gasteiger partial charge in [-0.1, -0.05) is 6.08 Å². The molecule has 0 aromatic heterocycles. The number of hydrogen-bond donors (Lipinski definition) is 0. The quantitative estimate of drug-likeness (QED) is 0.447. The van der Waals surface area contributed by atoms with Gasteiger partial charge in [-0.3, -0.25) is 0 Å². The Bertz CT molecular complexity index is 102. The van der Waals surface area contributed by atoms with E-state index in [4.69, 9.17) is 16.3 Å². The van der Waals surface area contributed by atoms with E-state index in [9.17, 15) is 0 Å². The Morgan fingerprint density at radius 1 is 1.55 bits per heavy atom. The van der Waals surface area contributed by atoms with Gasteiger partial charge in [0.15, 0.2) is 0 Å². The Hall–Kier alpha value is -0.0100. The summed E-state index contributed by atoms with van der Waals surface area (Å²) in [6.07, 6.45) is 3.12. The lowest BCUT2D eigenvalue weighted by molar-refractivity contribution is 0.0567. The van der Waals surface area contributed by atoms with Gasteiger partial charge >= 0.3 is 0 Å². The van der Waals surface area contributed by atoms with Gasteiger partial charge in [0.05, 0.1) is 12.7 Å². The van der Waals surface area contributed by atoms with E-state index in [1.807, 2.05) is 19.9 Å². The molecule has 1 nitrogen and oxygen atoms in total. The molecule has 0 heterocycles. The van der Waals surface area contributed by atoms with E-state index in [0.29, 0.717) is 17.9 Å². The Balaban J connectivity index is 3.43. The van der Waals surface area contributed by atoms with Crippen LogP contribution in [0.2, 0.25) is 0 Å². The van der Waals surface area contributed by atoms with Crippen LogP contribution < -0.4 is 0 Å². The van der Waals surface area contributed by atoms with Gasteiger partial charge in [-0.15, -0.1) is 18.2 Å². The van der Waals surface area contributed by atoms with Crippen LogP contribution in [0.3, 0.4) is 0 Å². The topological polar surface area (TPSA) is 9.23 Å². The summed E-state index contributed by atoms with van der Waals surface area (Å²) in [6, 6.07) is 0. The van der Waals surface area contributed by atoms with Crippen LogP contribution in [0.25, 0.3) is 0 Å². The molecule has 1 unspecified atom stereocenters. The fourth-order valence-electron chi connectivity index (χ4n) is 0.740. The second-order valence-electron chi connectivity index (χ2n) is 2.93. The minimum Gasteiger partial charge on any atom is -0.378 e. The summed E-state index contributed by atoms with van der Waals surface area (Å²) < 4.78 is 5.42. The van der Waals surface area contributed by atoms with E-state index in [2.05, 4.69) is 6.58 Å². The highest BCUT2D eigenvalue weighted by molar-refractivity contribution is 6.18. The normalized spacial score (nSPS) is 13.5. The van der Waals surface area contributed by atoms with Crippen molar-refractivity contribution in [1.29, 1.82) is 0 Å². The van der Waals surface area contributed by atoms with Crippen LogP contribution in [0.15, 0.2) is 12.7 Å². The number of allylic oxidation sites excluding steroid dienone is 1. The van der Waals surface area contributed by atoms with Crippen molar-refractivity contribution in [3.63, 3.8) is 0 Å². The molecule has 66 valence electrons. The van der Waals surface area contributed by atoms with E-state index in [1.54, 1.807) is 0 Å². The maximum atomic E-state index is 5.70. The fraction of sp³-hybridized carbons (Fsp3) is 0.778. The van der Waals surface area contributed by atoms with Crippen molar-refractivity contribution < 1.29 is 4.74 Å². The fourth-order valence-corrected chi connectivity index (χ4v) is 0.955. The summed E-state index contributed by atoms with van der Waals surface area (Å²) in [5.41, 5.74) is 0. The van der Waals surface area contributed by atoms with Crippen LogP contribution in [0.1, 0.15) is 20.3 Å². The molecule has 0 radical (unpaired) electrons. The predicted octanol–water partition coefficient (Wildman–Crippen LogP) is 2.84. The molecular weight excluding hydrogens is 160 g/mol. The van der Waals surface area contributed by atoms with Gasteiger partial charge in [0.1, 0.15) is 0 Å². The zero-order valence-corrected chi connectivity index (χ0v) is 8.10. The lowest BCUT2D eigenvalue weighted by atomic mass is 10.1. The molecule has 0 amide bonds. The van der Waals surface area contributed by atoms with Gasteiger partial charge in [-0.2, -0.15) is 0 Å². The molecule has 11 heavy (non-hydrogen) atoms. The Labute approximate surface area is 74.4 Å². The van der Waals surface area contributed by atoms with Crippen molar-refractivity contribution in [2.45, 2.75) is 26.4 Å². The number of ether oxygens (including phenoxy) is 1. The number of rotatable bonds is 6. The van der Waals surface area contributed by atoms with E-state index in [0.717, 1.165) is 13.0 Å². The van der Waals surface area contributed by atoms with E-state index in [-0.39, 0.29) is 0 Å². The molecule has 0 bridgehead atoms. The number of alkyl halides is 1. The van der Waals surface area contributed by atoms with Crippen molar-refractivity contribution >= 4 is 11.6 Å². The highest BCUT2D eigenvalue weighted by Gasteiger charge is 2.05. The summed E-state index contributed by atoms with van der Waals surface area (Å²) in [7, 11) is 0. The monoisotopic (exact) mass is 176 g/mol. The maximum Gasteiger partial charge on any atom is 0.0519 e. The summed E-state index contributed by atoms with van der Waals surface area (Å²) in [5.74, 6) is 1.08. The Kier molecular flexibility index (Phi) is 6.68. The zero-order chi connectivity index (χ0) is 8.69. The lowest BCUT2D eigenvalue weighted by Gasteiger charge is -2.13. The first-order valence-electron chi connectivity index (χ1n) is 3.99. The van der Waals surface area contributed by atoms with Gasteiger partial charge < -0.3 is 4.74 Å². The SMILES string of the molecule is C=CCC(CCl)COC(C)C. The smallest absolute Gasteiger partial charge is 0.0519 e. The molecule has 1 atom stereocenters. The molecule has 0 aromatic rings. The minimum absolute atomic E-state index is 0.297. The van der Waals surface area contributed by atoms with Crippen molar-refractivity contribution in [1.82, 2.24) is 0 Å². The van der Waals surface area contributed by atoms with Crippen LogP contribution in [0.4, 0.5) is 0 Å². The van der Waals surface area contributed by atoms with E-state index >= 15 is 0 Å². The van der Waals surface area contributed by atoms with Crippen molar-refractivity contribution in [3.8, 4) is 0 Å². The third-order valence-electron chi connectivity index (χ3n) is 1.38. The Morgan fingerprint density at radius 2 is 2.18 bits per heavy atom. The average molecular weight is 177 g/mol. The van der Waals surface area contributed by atoms with Crippen LogP contribution in [0, 0.1) is 5.92 Å². The van der Waals surface area contributed by atoms with Gasteiger partial charge in [0, 0.05) is 5.88 Å². The van der Waals surface area contributed by atoms with E-state index < -0.39 is 0 Å². The molecule has 0 saturated heterocycles. The molecular formula is C9H17ClO. The second kappa shape index (κ2) is 6.68. The number of hydrogen-bond acceptors (Lipinski definition) is 1. The molecule has 0 spiro atoms. The summed E-state index contributed by atoms with van der Waals surface area (Å²) in [4.78, 5) is 0. The highest BCUT2D eigenvalue weighted by atomic mass is 35.5. The van der Waals surface area contributed by atoms with Gasteiger partial charge in [-0.25, -0.2) is 0 Å². The second-order valence-corrected chi connectivity index (χ2v) is 3.24.